The Hall–Kier alpha value is -0.780. The van der Waals surface area contributed by atoms with E-state index in [2.05, 4.69) is 51.1 Å². The first-order chi connectivity index (χ1) is 6.70. The summed E-state index contributed by atoms with van der Waals surface area (Å²) in [5.41, 5.74) is 1.50. The van der Waals surface area contributed by atoms with Crippen LogP contribution in [0.5, 0.6) is 0 Å². The van der Waals surface area contributed by atoms with Gasteiger partial charge in [-0.3, -0.25) is 0 Å². The summed E-state index contributed by atoms with van der Waals surface area (Å²) < 4.78 is 0. The van der Waals surface area contributed by atoms with Gasteiger partial charge >= 0.3 is 0 Å². The van der Waals surface area contributed by atoms with E-state index in [0.717, 1.165) is 23.7 Å². The number of rotatable bonds is 2. The van der Waals surface area contributed by atoms with Crippen LogP contribution in [0.15, 0.2) is 30.3 Å². The average Bonchev–Trinajstić information content (AvgIpc) is 2.26. The third-order valence-corrected chi connectivity index (χ3v) is 4.32. The molecule has 1 aliphatic carbocycles. The van der Waals surface area contributed by atoms with Crippen LogP contribution in [0.25, 0.3) is 0 Å². The summed E-state index contributed by atoms with van der Waals surface area (Å²) in [7, 11) is 0. The molecule has 0 heterocycles. The monoisotopic (exact) mass is 188 g/mol. The predicted octanol–water partition coefficient (Wildman–Crippen LogP) is 3.77. The average molecular weight is 188 g/mol. The molecule has 0 saturated heterocycles. The van der Waals surface area contributed by atoms with Gasteiger partial charge in [0.15, 0.2) is 0 Å². The Bertz CT molecular complexity index is 278. The zero-order valence-corrected chi connectivity index (χ0v) is 9.40. The van der Waals surface area contributed by atoms with E-state index in [4.69, 9.17) is 0 Å². The van der Waals surface area contributed by atoms with Gasteiger partial charge in [-0.25, -0.2) is 0 Å². The molecular weight excluding hydrogens is 168 g/mol. The van der Waals surface area contributed by atoms with E-state index in [-0.39, 0.29) is 0 Å². The fourth-order valence-electron chi connectivity index (χ4n) is 2.85. The van der Waals surface area contributed by atoms with Crippen LogP contribution in [-0.4, -0.2) is 0 Å². The molecule has 0 nitrogen and oxygen atoms in total. The van der Waals surface area contributed by atoms with Crippen LogP contribution in [0, 0.1) is 23.7 Å². The Kier molecular flexibility index (Phi) is 2.62. The summed E-state index contributed by atoms with van der Waals surface area (Å²) in [6, 6.07) is 10.9. The van der Waals surface area contributed by atoms with Crippen molar-refractivity contribution in [3.8, 4) is 0 Å². The molecule has 1 saturated carbocycles. The predicted molar refractivity (Wildman–Crippen MR) is 61.1 cm³/mol. The highest BCUT2D eigenvalue weighted by Gasteiger charge is 2.41. The van der Waals surface area contributed by atoms with E-state index < -0.39 is 0 Å². The smallest absolute Gasteiger partial charge is 0.0245 e. The third-order valence-electron chi connectivity index (χ3n) is 4.32. The van der Waals surface area contributed by atoms with Crippen molar-refractivity contribution < 1.29 is 0 Å². The van der Waals surface area contributed by atoms with Gasteiger partial charge < -0.3 is 0 Å². The van der Waals surface area contributed by atoms with Crippen LogP contribution in [0.1, 0.15) is 26.3 Å². The molecule has 1 fully saturated rings. The van der Waals surface area contributed by atoms with Gasteiger partial charge in [0.25, 0.3) is 0 Å². The Labute approximate surface area is 87.3 Å². The molecule has 14 heavy (non-hydrogen) atoms. The molecule has 0 radical (unpaired) electrons. The van der Waals surface area contributed by atoms with E-state index in [0.29, 0.717) is 0 Å². The van der Waals surface area contributed by atoms with Crippen LogP contribution >= 0.6 is 0 Å². The van der Waals surface area contributed by atoms with Gasteiger partial charge in [-0.15, -0.1) is 0 Å². The van der Waals surface area contributed by atoms with Crippen molar-refractivity contribution in [2.45, 2.75) is 27.2 Å². The van der Waals surface area contributed by atoms with E-state index >= 15 is 0 Å². The topological polar surface area (TPSA) is 0 Å². The zero-order valence-electron chi connectivity index (χ0n) is 9.40. The van der Waals surface area contributed by atoms with Crippen LogP contribution in [0.4, 0.5) is 0 Å². The second kappa shape index (κ2) is 3.76. The first-order valence-corrected chi connectivity index (χ1v) is 5.74. The molecule has 0 spiro atoms. The van der Waals surface area contributed by atoms with Gasteiger partial charge in [0.05, 0.1) is 0 Å². The molecule has 2 unspecified atom stereocenters. The zero-order chi connectivity index (χ0) is 10.1. The molecule has 0 aliphatic heterocycles. The van der Waals surface area contributed by atoms with Crippen LogP contribution in [0.2, 0.25) is 0 Å². The minimum atomic E-state index is 0.908. The Balaban J connectivity index is 2.00. The Morgan fingerprint density at radius 1 is 0.857 bits per heavy atom. The highest BCUT2D eigenvalue weighted by Crippen LogP contribution is 2.46. The van der Waals surface area contributed by atoms with E-state index in [1.54, 1.807) is 0 Å². The van der Waals surface area contributed by atoms with Crippen molar-refractivity contribution in [1.82, 2.24) is 0 Å². The molecule has 2 atom stereocenters. The quantitative estimate of drug-likeness (QED) is 0.663. The highest BCUT2D eigenvalue weighted by molar-refractivity contribution is 5.16. The summed E-state index contributed by atoms with van der Waals surface area (Å²) in [6.45, 7) is 7.19. The largest absolute Gasteiger partial charge is 0.0622 e. The SMILES string of the molecule is CC1C(C)C(Cc2ccccc2)C1C. The molecule has 2 rings (SSSR count). The molecule has 0 aromatic heterocycles. The molecule has 0 bridgehead atoms. The molecule has 0 amide bonds. The van der Waals surface area contributed by atoms with Crippen molar-refractivity contribution in [3.05, 3.63) is 35.9 Å². The second-order valence-corrected chi connectivity index (χ2v) is 4.93. The lowest BCUT2D eigenvalue weighted by molar-refractivity contribution is 0.0162. The first-order valence-electron chi connectivity index (χ1n) is 5.74. The number of hydrogen-bond donors (Lipinski definition) is 0. The molecule has 1 aromatic rings. The fourth-order valence-corrected chi connectivity index (χ4v) is 2.85. The first kappa shape index (κ1) is 9.76. The number of benzene rings is 1. The summed E-state index contributed by atoms with van der Waals surface area (Å²) in [5.74, 6) is 3.64. The maximum Gasteiger partial charge on any atom is -0.0245 e. The van der Waals surface area contributed by atoms with Crippen LogP contribution < -0.4 is 0 Å². The van der Waals surface area contributed by atoms with Crippen molar-refractivity contribution >= 4 is 0 Å². The molecule has 0 N–H and O–H groups in total. The van der Waals surface area contributed by atoms with Gasteiger partial charge in [0, 0.05) is 0 Å². The van der Waals surface area contributed by atoms with Crippen LogP contribution in [-0.2, 0) is 6.42 Å². The third kappa shape index (κ3) is 1.58. The summed E-state index contributed by atoms with van der Waals surface area (Å²) in [4.78, 5) is 0. The number of hydrogen-bond acceptors (Lipinski definition) is 0. The van der Waals surface area contributed by atoms with Gasteiger partial charge in [0.2, 0.25) is 0 Å². The fraction of sp³-hybridized carbons (Fsp3) is 0.571. The summed E-state index contributed by atoms with van der Waals surface area (Å²) >= 11 is 0. The molecular formula is C14H20. The van der Waals surface area contributed by atoms with E-state index in [1.165, 1.54) is 12.0 Å². The van der Waals surface area contributed by atoms with Crippen molar-refractivity contribution in [2.24, 2.45) is 23.7 Å². The summed E-state index contributed by atoms with van der Waals surface area (Å²) in [5, 5.41) is 0. The van der Waals surface area contributed by atoms with Crippen molar-refractivity contribution in [1.29, 1.82) is 0 Å². The maximum absolute atomic E-state index is 2.40. The molecule has 76 valence electrons. The Morgan fingerprint density at radius 3 is 2.00 bits per heavy atom. The Morgan fingerprint density at radius 2 is 1.43 bits per heavy atom. The lowest BCUT2D eigenvalue weighted by Crippen LogP contribution is -2.43. The lowest BCUT2D eigenvalue weighted by Gasteiger charge is -2.48. The van der Waals surface area contributed by atoms with Gasteiger partial charge in [-0.1, -0.05) is 51.1 Å². The molecule has 1 aromatic carbocycles. The highest BCUT2D eigenvalue weighted by atomic mass is 14.5. The minimum absolute atomic E-state index is 0.908. The lowest BCUT2D eigenvalue weighted by atomic mass is 9.57. The van der Waals surface area contributed by atoms with E-state index in [9.17, 15) is 0 Å². The second-order valence-electron chi connectivity index (χ2n) is 4.93. The summed E-state index contributed by atoms with van der Waals surface area (Å²) in [6.07, 6.45) is 1.27. The van der Waals surface area contributed by atoms with Crippen LogP contribution in [0.3, 0.4) is 0 Å². The van der Waals surface area contributed by atoms with Gasteiger partial charge in [0.1, 0.15) is 0 Å². The standard InChI is InChI=1S/C14H20/c1-10-11(2)14(12(10)3)9-13-7-5-4-6-8-13/h4-8,10-12,14H,9H2,1-3H3. The van der Waals surface area contributed by atoms with E-state index in [1.807, 2.05) is 0 Å². The van der Waals surface area contributed by atoms with Gasteiger partial charge in [-0.05, 0) is 35.7 Å². The molecule has 0 heteroatoms. The normalized spacial score (nSPS) is 36.5. The van der Waals surface area contributed by atoms with Crippen molar-refractivity contribution in [2.75, 3.05) is 0 Å². The minimum Gasteiger partial charge on any atom is -0.0622 e. The van der Waals surface area contributed by atoms with Crippen molar-refractivity contribution in [3.63, 3.8) is 0 Å². The van der Waals surface area contributed by atoms with Gasteiger partial charge in [-0.2, -0.15) is 0 Å². The molecule has 1 aliphatic rings. The maximum atomic E-state index is 2.40.